The van der Waals surface area contributed by atoms with Gasteiger partial charge in [0.1, 0.15) is 23.8 Å². The number of hydrogen-bond donors (Lipinski definition) is 8. The minimum atomic E-state index is -1.80. The number of carbonyl (C=O) groups is 7. The van der Waals surface area contributed by atoms with E-state index in [-0.39, 0.29) is 49.5 Å². The number of carbonyl (C=O) groups excluding carboxylic acids is 5. The first kappa shape index (κ1) is 49.1. The van der Waals surface area contributed by atoms with E-state index in [1.54, 1.807) is 19.3 Å². The highest BCUT2D eigenvalue weighted by Crippen LogP contribution is 2.19. The summed E-state index contributed by atoms with van der Waals surface area (Å²) in [5, 5.41) is 30.2. The van der Waals surface area contributed by atoms with Crippen LogP contribution in [0.15, 0.2) is 70.9 Å². The third-order valence-corrected chi connectivity index (χ3v) is 10.1. The van der Waals surface area contributed by atoms with Crippen LogP contribution in [-0.2, 0) is 44.7 Å². The van der Waals surface area contributed by atoms with Crippen molar-refractivity contribution in [2.45, 2.75) is 97.0 Å². The van der Waals surface area contributed by atoms with E-state index in [9.17, 15) is 43.8 Å². The molecular formula is C41H60N8O10. The third-order valence-electron chi connectivity index (χ3n) is 10.1. The van der Waals surface area contributed by atoms with Gasteiger partial charge in [-0.3, -0.25) is 29.0 Å². The van der Waals surface area contributed by atoms with Crippen LogP contribution >= 0.6 is 0 Å². The first-order valence-electron chi connectivity index (χ1n) is 19.4. The molecule has 1 aliphatic rings. The van der Waals surface area contributed by atoms with Crippen molar-refractivity contribution in [3.8, 4) is 0 Å². The largest absolute Gasteiger partial charge is 0.480 e. The quantitative estimate of drug-likeness (QED) is 0.0454. The van der Waals surface area contributed by atoms with Crippen molar-refractivity contribution in [3.63, 3.8) is 0 Å². The second-order valence-corrected chi connectivity index (χ2v) is 14.6. The fourth-order valence-electron chi connectivity index (χ4n) is 6.38. The van der Waals surface area contributed by atoms with Gasteiger partial charge in [0.25, 0.3) is 5.91 Å². The number of methoxy groups -OCH3 is 1. The normalized spacial score (nSPS) is 25.1. The van der Waals surface area contributed by atoms with Gasteiger partial charge in [0.15, 0.2) is 5.96 Å². The number of carboxylic acids is 2. The van der Waals surface area contributed by atoms with Crippen LogP contribution in [0.1, 0.15) is 65.9 Å². The van der Waals surface area contributed by atoms with Gasteiger partial charge < -0.3 is 52.6 Å². The number of likely N-dealkylation sites (N-methyl/N-ethyl adjacent to an activating group) is 1. The molecule has 59 heavy (non-hydrogen) atoms. The van der Waals surface area contributed by atoms with E-state index < -0.39 is 83.9 Å². The van der Waals surface area contributed by atoms with Crippen LogP contribution in [0.5, 0.6) is 0 Å². The van der Waals surface area contributed by atoms with Crippen LogP contribution in [0.3, 0.4) is 0 Å². The highest BCUT2D eigenvalue weighted by molar-refractivity contribution is 6.00. The molecule has 18 heteroatoms. The van der Waals surface area contributed by atoms with Gasteiger partial charge in [-0.05, 0) is 45.1 Å². The predicted molar refractivity (Wildman–Crippen MR) is 220 cm³/mol. The summed E-state index contributed by atoms with van der Waals surface area (Å²) in [5.74, 6) is -9.91. The summed E-state index contributed by atoms with van der Waals surface area (Å²) in [7, 11) is 2.88. The Bertz CT molecular complexity index is 1780. The maximum Gasteiger partial charge on any atom is 0.327 e. The number of nitrogens with zero attached hydrogens (tertiary/aromatic N) is 2. The number of nitrogens with two attached hydrogens (primary N) is 2. The molecule has 0 spiro atoms. The number of allylic oxidation sites excluding steroid dienone is 3. The molecule has 1 fully saturated rings. The van der Waals surface area contributed by atoms with Crippen LogP contribution in [-0.4, -0.2) is 114 Å². The summed E-state index contributed by atoms with van der Waals surface area (Å²) in [6, 6.07) is 4.12. The smallest absolute Gasteiger partial charge is 0.327 e. The Morgan fingerprint density at radius 3 is 2.19 bits per heavy atom. The van der Waals surface area contributed by atoms with Crippen LogP contribution in [0.25, 0.3) is 0 Å². The van der Waals surface area contributed by atoms with E-state index in [0.717, 1.165) is 16.0 Å². The van der Waals surface area contributed by atoms with Gasteiger partial charge in [-0.25, -0.2) is 9.59 Å². The second-order valence-electron chi connectivity index (χ2n) is 14.6. The maximum atomic E-state index is 14.1. The highest BCUT2D eigenvalue weighted by atomic mass is 16.5. The Morgan fingerprint density at radius 1 is 0.966 bits per heavy atom. The summed E-state index contributed by atoms with van der Waals surface area (Å²) in [6.45, 7) is 8.07. The SMILES string of the molecule is C/C=C1\C(=O)NC(C(=O)O)C(C)C(=O)NC(CCCN=C(N)N)C(=O)NC(/C=C/C(C)=C/C(C)C(Cc2ccccc2)OC)C(C)C(=O)NC(C(=O)O)CCC(=O)N1C. The number of ether oxygens (including phenoxy) is 1. The lowest BCUT2D eigenvalue weighted by atomic mass is 9.94. The Labute approximate surface area is 344 Å². The fraction of sp³-hybridized carbons (Fsp3) is 0.512. The predicted octanol–water partition coefficient (Wildman–Crippen LogP) is 0.973. The lowest BCUT2D eigenvalue weighted by molar-refractivity contribution is -0.146. The number of benzene rings is 1. The molecule has 1 heterocycles. The van der Waals surface area contributed by atoms with Crippen molar-refractivity contribution in [2.75, 3.05) is 20.7 Å². The molecule has 5 amide bonds. The molecular weight excluding hydrogens is 764 g/mol. The number of amides is 5. The van der Waals surface area contributed by atoms with Crippen molar-refractivity contribution in [1.29, 1.82) is 0 Å². The van der Waals surface area contributed by atoms with Gasteiger partial charge in [-0.2, -0.15) is 0 Å². The Kier molecular flexibility index (Phi) is 20.0. The zero-order valence-electron chi connectivity index (χ0n) is 34.8. The molecule has 2 rings (SSSR count). The number of rotatable bonds is 13. The first-order valence-corrected chi connectivity index (χ1v) is 19.4. The van der Waals surface area contributed by atoms with E-state index in [1.165, 1.54) is 33.9 Å². The molecule has 1 aromatic rings. The molecule has 10 N–H and O–H groups in total. The molecule has 0 aliphatic carbocycles. The third kappa shape index (κ3) is 15.7. The molecule has 8 atom stereocenters. The molecule has 324 valence electrons. The average Bonchev–Trinajstić information content (AvgIpc) is 3.19. The molecule has 18 nitrogen and oxygen atoms in total. The van der Waals surface area contributed by atoms with Gasteiger partial charge in [-0.1, -0.05) is 81.0 Å². The van der Waals surface area contributed by atoms with E-state index in [1.807, 2.05) is 50.3 Å². The molecule has 0 radical (unpaired) electrons. The van der Waals surface area contributed by atoms with Crippen molar-refractivity contribution >= 4 is 47.4 Å². The number of hydrogen-bond acceptors (Lipinski definition) is 9. The number of aliphatic imine (C=N–C) groups is 1. The molecule has 0 saturated carbocycles. The van der Waals surface area contributed by atoms with Gasteiger partial charge in [0.05, 0.1) is 24.0 Å². The molecule has 0 aromatic heterocycles. The highest BCUT2D eigenvalue weighted by Gasteiger charge is 2.36. The van der Waals surface area contributed by atoms with Crippen molar-refractivity contribution in [2.24, 2.45) is 34.2 Å². The Morgan fingerprint density at radius 2 is 1.61 bits per heavy atom. The first-order chi connectivity index (χ1) is 27.8. The van der Waals surface area contributed by atoms with Gasteiger partial charge in [-0.15, -0.1) is 0 Å². The van der Waals surface area contributed by atoms with Gasteiger partial charge in [0, 0.05) is 33.0 Å². The fourth-order valence-corrected chi connectivity index (χ4v) is 6.38. The zero-order valence-corrected chi connectivity index (χ0v) is 34.8. The minimum absolute atomic E-state index is 0.0326. The van der Waals surface area contributed by atoms with Gasteiger partial charge >= 0.3 is 11.9 Å². The summed E-state index contributed by atoms with van der Waals surface area (Å²) >= 11 is 0. The van der Waals surface area contributed by atoms with Crippen LogP contribution in [0, 0.1) is 17.8 Å². The van der Waals surface area contributed by atoms with Crippen LogP contribution in [0.2, 0.25) is 0 Å². The van der Waals surface area contributed by atoms with Gasteiger partial charge in [0.2, 0.25) is 23.6 Å². The van der Waals surface area contributed by atoms with Crippen LogP contribution < -0.4 is 32.7 Å². The van der Waals surface area contributed by atoms with E-state index >= 15 is 0 Å². The molecule has 1 aromatic carbocycles. The molecule has 8 unspecified atom stereocenters. The summed E-state index contributed by atoms with van der Waals surface area (Å²) in [4.78, 5) is 97.5. The summed E-state index contributed by atoms with van der Waals surface area (Å²) < 4.78 is 5.79. The number of aliphatic carboxylic acids is 2. The zero-order chi connectivity index (χ0) is 44.4. The Balaban J connectivity index is 2.63. The monoisotopic (exact) mass is 824 g/mol. The standard InChI is InChI=1S/C41H60N8O10/c1-8-31-38(54)48-34(40(57)58)26(5)36(52)46-29(15-12-20-44-41(42)43)37(53)45-28(25(4)35(51)47-30(39(55)56)18-19-33(50)49(31)6)17-16-23(2)21-24(3)32(59-7)22-27-13-10-9-11-14-27/h8-11,13-14,16-17,21,24-26,28-30,32,34H,12,15,18-20,22H2,1-7H3,(H,45,53)(H,46,52)(H,47,51)(H,48,54)(H,55,56)(H,57,58)(H4,42,43,44)/b17-16+,23-21+,31-8+. The van der Waals surface area contributed by atoms with E-state index in [2.05, 4.69) is 26.3 Å². The molecule has 1 saturated heterocycles. The summed E-state index contributed by atoms with van der Waals surface area (Å²) in [5.41, 5.74) is 12.5. The lowest BCUT2D eigenvalue weighted by Gasteiger charge is -2.28. The van der Waals surface area contributed by atoms with Crippen molar-refractivity contribution in [3.05, 3.63) is 71.5 Å². The van der Waals surface area contributed by atoms with Crippen molar-refractivity contribution in [1.82, 2.24) is 26.2 Å². The molecule has 1 aliphatic heterocycles. The Hall–Kier alpha value is -6.04. The maximum absolute atomic E-state index is 14.1. The topological polar surface area (TPSA) is 285 Å². The lowest BCUT2D eigenvalue weighted by Crippen LogP contribution is -2.56. The minimum Gasteiger partial charge on any atom is -0.480 e. The van der Waals surface area contributed by atoms with Crippen molar-refractivity contribution < 1.29 is 48.5 Å². The number of guanidine groups is 1. The summed E-state index contributed by atoms with van der Waals surface area (Å²) in [6.07, 6.45) is 6.35. The molecule has 0 bridgehead atoms. The van der Waals surface area contributed by atoms with E-state index in [0.29, 0.717) is 6.42 Å². The average molecular weight is 825 g/mol. The van der Waals surface area contributed by atoms with Crippen LogP contribution in [0.4, 0.5) is 0 Å². The number of carboxylic acid groups (broad SMARTS) is 2. The number of nitrogens with one attached hydrogen (secondary N) is 4. The second kappa shape index (κ2) is 24.0. The van der Waals surface area contributed by atoms with E-state index in [4.69, 9.17) is 16.2 Å².